The number of carbonyl (C=O) groups is 1. The van der Waals surface area contributed by atoms with E-state index in [1.54, 1.807) is 0 Å². The lowest BCUT2D eigenvalue weighted by molar-refractivity contribution is -0.116. The molecule has 1 amide bonds. The Hall–Kier alpha value is -2.61. The van der Waals surface area contributed by atoms with Crippen molar-refractivity contribution in [1.82, 2.24) is 10.3 Å². The first-order chi connectivity index (χ1) is 13.0. The Balaban J connectivity index is 1.49. The van der Waals surface area contributed by atoms with Crippen LogP contribution in [0.1, 0.15) is 50.6 Å². The Morgan fingerprint density at radius 2 is 2.22 bits per heavy atom. The molecule has 27 heavy (non-hydrogen) atoms. The maximum absolute atomic E-state index is 13.0. The third-order valence-corrected chi connectivity index (χ3v) is 6.73. The molecule has 2 fully saturated rings. The molecule has 2 bridgehead atoms. The zero-order valence-electron chi connectivity index (χ0n) is 15.8. The highest BCUT2D eigenvalue weighted by Gasteiger charge is 2.52. The van der Waals surface area contributed by atoms with Crippen LogP contribution in [0.15, 0.2) is 47.6 Å². The lowest BCUT2D eigenvalue weighted by Crippen LogP contribution is -2.46. The fourth-order valence-electron chi connectivity index (χ4n) is 4.97. The normalized spacial score (nSPS) is 31.7. The molecule has 5 nitrogen and oxygen atoms in total. The Kier molecular flexibility index (Phi) is 4.51. The maximum atomic E-state index is 13.0. The van der Waals surface area contributed by atoms with Gasteiger partial charge in [0.15, 0.2) is 0 Å². The zero-order valence-corrected chi connectivity index (χ0v) is 15.8. The molecule has 0 spiro atoms. The van der Waals surface area contributed by atoms with Crippen molar-refractivity contribution in [3.63, 3.8) is 0 Å². The quantitative estimate of drug-likeness (QED) is 0.814. The van der Waals surface area contributed by atoms with E-state index >= 15 is 0 Å². The lowest BCUT2D eigenvalue weighted by Gasteiger charge is -2.32. The summed E-state index contributed by atoms with van der Waals surface area (Å²) >= 11 is 0. The van der Waals surface area contributed by atoms with Crippen LogP contribution in [-0.2, 0) is 4.79 Å². The number of nitriles is 1. The fourth-order valence-corrected chi connectivity index (χ4v) is 4.97. The average Bonchev–Trinajstić information content (AvgIpc) is 3.30. The van der Waals surface area contributed by atoms with Gasteiger partial charge in [0, 0.05) is 24.4 Å². The van der Waals surface area contributed by atoms with Gasteiger partial charge in [0.2, 0.25) is 0 Å². The Morgan fingerprint density at radius 1 is 1.44 bits per heavy atom. The molecule has 1 unspecified atom stereocenters. The first kappa shape index (κ1) is 17.8. The second-order valence-corrected chi connectivity index (χ2v) is 8.19. The molecule has 3 aliphatic rings. The Morgan fingerprint density at radius 3 is 2.85 bits per heavy atom. The molecule has 1 aromatic rings. The van der Waals surface area contributed by atoms with E-state index in [4.69, 9.17) is 5.26 Å². The van der Waals surface area contributed by atoms with E-state index in [0.717, 1.165) is 18.4 Å². The van der Waals surface area contributed by atoms with Crippen LogP contribution in [0.2, 0.25) is 0 Å². The smallest absolute Gasteiger partial charge is 0.267 e. The first-order valence-corrected chi connectivity index (χ1v) is 9.79. The maximum Gasteiger partial charge on any atom is 0.267 e. The van der Waals surface area contributed by atoms with Crippen molar-refractivity contribution in [3.8, 4) is 6.07 Å². The summed E-state index contributed by atoms with van der Waals surface area (Å²) in [4.78, 5) is 13.0. The highest BCUT2D eigenvalue weighted by molar-refractivity contribution is 6.39. The van der Waals surface area contributed by atoms with Gasteiger partial charge in [-0.25, -0.2) is 0 Å². The van der Waals surface area contributed by atoms with Crippen LogP contribution < -0.4 is 5.32 Å². The number of fused-ring (bicyclic) bond motifs is 2. The van der Waals surface area contributed by atoms with E-state index in [-0.39, 0.29) is 23.4 Å². The molecule has 2 aliphatic carbocycles. The molecule has 2 saturated carbocycles. The molecular formula is C22H26N4O. The number of hydrogen-bond acceptors (Lipinski definition) is 4. The molecule has 4 atom stereocenters. The summed E-state index contributed by atoms with van der Waals surface area (Å²) in [7, 11) is 0. The van der Waals surface area contributed by atoms with Gasteiger partial charge in [-0.1, -0.05) is 49.4 Å². The third-order valence-electron chi connectivity index (χ3n) is 6.73. The van der Waals surface area contributed by atoms with Crippen molar-refractivity contribution in [1.29, 1.82) is 5.26 Å². The second kappa shape index (κ2) is 6.84. The molecule has 5 heteroatoms. The molecule has 1 N–H and O–H groups in total. The van der Waals surface area contributed by atoms with Gasteiger partial charge in [0.25, 0.3) is 5.91 Å². The van der Waals surface area contributed by atoms with Gasteiger partial charge in [-0.05, 0) is 30.7 Å². The van der Waals surface area contributed by atoms with E-state index in [0.29, 0.717) is 31.0 Å². The van der Waals surface area contributed by atoms with Gasteiger partial charge < -0.3 is 5.32 Å². The summed E-state index contributed by atoms with van der Waals surface area (Å²) in [5, 5.41) is 18.7. The summed E-state index contributed by atoms with van der Waals surface area (Å²) in [5.41, 5.74) is 3.03. The highest BCUT2D eigenvalue weighted by Crippen LogP contribution is 2.57. The van der Waals surface area contributed by atoms with Crippen LogP contribution in [0.3, 0.4) is 0 Å². The Labute approximate surface area is 160 Å². The predicted octanol–water partition coefficient (Wildman–Crippen LogP) is 3.56. The monoisotopic (exact) mass is 362 g/mol. The van der Waals surface area contributed by atoms with E-state index in [2.05, 4.69) is 42.1 Å². The van der Waals surface area contributed by atoms with E-state index in [9.17, 15) is 4.79 Å². The first-order valence-electron chi connectivity index (χ1n) is 9.79. The minimum absolute atomic E-state index is 0.0193. The average molecular weight is 362 g/mol. The number of carbonyl (C=O) groups excluding carboxylic acids is 1. The van der Waals surface area contributed by atoms with Crippen LogP contribution >= 0.6 is 0 Å². The minimum atomic E-state index is -0.0676. The standard InChI is InChI=1S/C22H26N4O/c1-15-17-9-10-22(15,2)20(13-17)24-21(27)18-14-19(16-7-4-3-5-8-16)26(25-18)12-6-11-23/h3-5,7-8,17,19-20H,1,6,9-10,12-14H2,2H3,(H,24,27)/t17-,19?,20+,22-/m1/s1. The van der Waals surface area contributed by atoms with Gasteiger partial charge in [-0.15, -0.1) is 0 Å². The molecule has 0 radical (unpaired) electrons. The molecule has 140 valence electrons. The number of nitrogens with zero attached hydrogens (tertiary/aromatic N) is 3. The molecule has 4 rings (SSSR count). The van der Waals surface area contributed by atoms with Crippen LogP contribution in [0.5, 0.6) is 0 Å². The molecule has 0 aromatic heterocycles. The van der Waals surface area contributed by atoms with Crippen molar-refractivity contribution in [2.75, 3.05) is 6.54 Å². The number of hydrazone groups is 1. The molecule has 0 saturated heterocycles. The van der Waals surface area contributed by atoms with Gasteiger partial charge >= 0.3 is 0 Å². The number of nitrogens with one attached hydrogen (secondary N) is 1. The Bertz CT molecular complexity index is 824. The SMILES string of the molecule is C=C1[C@@H]2CC[C@@]1(C)[C@@H](NC(=O)C1=NN(CCC#N)C(c3ccccc3)C1)C2. The van der Waals surface area contributed by atoms with Crippen LogP contribution in [0.4, 0.5) is 0 Å². The number of amides is 1. The number of rotatable bonds is 5. The van der Waals surface area contributed by atoms with Crippen molar-refractivity contribution in [3.05, 3.63) is 48.0 Å². The van der Waals surface area contributed by atoms with Crippen LogP contribution in [-0.4, -0.2) is 29.2 Å². The van der Waals surface area contributed by atoms with Gasteiger partial charge in [-0.3, -0.25) is 9.80 Å². The topological polar surface area (TPSA) is 68.5 Å². The number of hydrogen-bond donors (Lipinski definition) is 1. The summed E-state index contributed by atoms with van der Waals surface area (Å²) in [6.07, 6.45) is 4.27. The summed E-state index contributed by atoms with van der Waals surface area (Å²) in [6.45, 7) is 7.05. The van der Waals surface area contributed by atoms with Crippen molar-refractivity contribution < 1.29 is 4.79 Å². The fraction of sp³-hybridized carbons (Fsp3) is 0.500. The summed E-state index contributed by atoms with van der Waals surface area (Å²) in [6, 6.07) is 12.4. The van der Waals surface area contributed by atoms with Crippen molar-refractivity contribution >= 4 is 11.6 Å². The van der Waals surface area contributed by atoms with E-state index < -0.39 is 0 Å². The molecule has 1 aliphatic heterocycles. The van der Waals surface area contributed by atoms with Crippen molar-refractivity contribution in [2.24, 2.45) is 16.4 Å². The predicted molar refractivity (Wildman–Crippen MR) is 105 cm³/mol. The van der Waals surface area contributed by atoms with Gasteiger partial charge in [0.05, 0.1) is 18.5 Å². The van der Waals surface area contributed by atoms with Gasteiger partial charge in [-0.2, -0.15) is 10.4 Å². The molecule has 1 heterocycles. The van der Waals surface area contributed by atoms with E-state index in [1.807, 2.05) is 23.2 Å². The summed E-state index contributed by atoms with van der Waals surface area (Å²) in [5.74, 6) is 0.483. The van der Waals surface area contributed by atoms with Crippen LogP contribution in [0.25, 0.3) is 0 Å². The van der Waals surface area contributed by atoms with E-state index in [1.165, 1.54) is 12.0 Å². The number of benzene rings is 1. The molecular weight excluding hydrogens is 336 g/mol. The minimum Gasteiger partial charge on any atom is -0.347 e. The molecule has 1 aromatic carbocycles. The largest absolute Gasteiger partial charge is 0.347 e. The highest BCUT2D eigenvalue weighted by atomic mass is 16.2. The van der Waals surface area contributed by atoms with Crippen LogP contribution in [0, 0.1) is 22.7 Å². The lowest BCUT2D eigenvalue weighted by atomic mass is 9.80. The zero-order chi connectivity index (χ0) is 19.0. The second-order valence-electron chi connectivity index (χ2n) is 8.19. The van der Waals surface area contributed by atoms with Crippen molar-refractivity contribution in [2.45, 2.75) is 51.1 Å². The summed E-state index contributed by atoms with van der Waals surface area (Å²) < 4.78 is 0. The van der Waals surface area contributed by atoms with Gasteiger partial charge in [0.1, 0.15) is 5.71 Å². The third kappa shape index (κ3) is 3.03.